The molecule has 2 unspecified atom stereocenters. The largest absolute Gasteiger partial charge is 0.383 e. The average Bonchev–Trinajstić information content (AvgIpc) is 2.92. The molecule has 2 N–H and O–H groups in total. The Morgan fingerprint density at radius 1 is 1.35 bits per heavy atom. The topological polar surface area (TPSA) is 48.9 Å². The molecule has 0 aromatic carbocycles. The van der Waals surface area contributed by atoms with Gasteiger partial charge in [-0.15, -0.1) is 24.0 Å². The number of hydrogen-bond acceptors (Lipinski definition) is 3. The van der Waals surface area contributed by atoms with E-state index in [1.807, 2.05) is 7.05 Å². The summed E-state index contributed by atoms with van der Waals surface area (Å²) in [5, 5.41) is 6.76. The standard InChI is InChI=1S/C14H30N4O.HI/c1-5-13(18-8-6-7-9-18)10-16-14(15-3)17-12(2)11-19-4;/h12-13H,5-11H2,1-4H3,(H2,15,16,17);1H. The fourth-order valence-electron chi connectivity index (χ4n) is 2.57. The van der Waals surface area contributed by atoms with Crippen molar-refractivity contribution >= 4 is 29.9 Å². The van der Waals surface area contributed by atoms with Crippen LogP contribution >= 0.6 is 24.0 Å². The van der Waals surface area contributed by atoms with Crippen molar-refractivity contribution in [3.8, 4) is 0 Å². The predicted molar refractivity (Wildman–Crippen MR) is 96.1 cm³/mol. The summed E-state index contributed by atoms with van der Waals surface area (Å²) in [6.45, 7) is 8.47. The van der Waals surface area contributed by atoms with Gasteiger partial charge in [0, 0.05) is 32.8 Å². The molecule has 0 bridgehead atoms. The minimum absolute atomic E-state index is 0. The molecule has 0 aromatic heterocycles. The lowest BCUT2D eigenvalue weighted by Gasteiger charge is -2.27. The molecule has 1 fully saturated rings. The monoisotopic (exact) mass is 398 g/mol. The minimum Gasteiger partial charge on any atom is -0.383 e. The molecule has 0 amide bonds. The summed E-state index contributed by atoms with van der Waals surface area (Å²) in [6, 6.07) is 0.877. The van der Waals surface area contributed by atoms with Crippen molar-refractivity contribution in [2.45, 2.75) is 45.2 Å². The number of rotatable bonds is 7. The molecule has 1 heterocycles. The van der Waals surface area contributed by atoms with Gasteiger partial charge in [-0.2, -0.15) is 0 Å². The molecular weight excluding hydrogens is 367 g/mol. The van der Waals surface area contributed by atoms with Crippen LogP contribution in [0.5, 0.6) is 0 Å². The maximum absolute atomic E-state index is 5.12. The summed E-state index contributed by atoms with van der Waals surface area (Å²) in [5.41, 5.74) is 0. The highest BCUT2D eigenvalue weighted by Crippen LogP contribution is 2.13. The Morgan fingerprint density at radius 3 is 2.50 bits per heavy atom. The van der Waals surface area contributed by atoms with Crippen molar-refractivity contribution in [2.75, 3.05) is 40.4 Å². The molecule has 0 saturated carbocycles. The fourth-order valence-corrected chi connectivity index (χ4v) is 2.57. The molecular formula is C14H31IN4O. The number of hydrogen-bond donors (Lipinski definition) is 2. The van der Waals surface area contributed by atoms with Gasteiger partial charge in [0.15, 0.2) is 5.96 Å². The summed E-state index contributed by atoms with van der Waals surface area (Å²) in [6.07, 6.45) is 3.86. The van der Waals surface area contributed by atoms with E-state index < -0.39 is 0 Å². The average molecular weight is 398 g/mol. The van der Waals surface area contributed by atoms with Gasteiger partial charge in [0.25, 0.3) is 0 Å². The van der Waals surface area contributed by atoms with Crippen LogP contribution in [0, 0.1) is 0 Å². The van der Waals surface area contributed by atoms with E-state index in [0.29, 0.717) is 12.6 Å². The normalized spacial score (nSPS) is 19.3. The maximum Gasteiger partial charge on any atom is 0.191 e. The van der Waals surface area contributed by atoms with Gasteiger partial charge in [-0.05, 0) is 39.3 Å². The third-order valence-electron chi connectivity index (χ3n) is 3.66. The van der Waals surface area contributed by atoms with Gasteiger partial charge in [0.1, 0.15) is 0 Å². The summed E-state index contributed by atoms with van der Waals surface area (Å²) < 4.78 is 5.12. The lowest BCUT2D eigenvalue weighted by molar-refractivity contribution is 0.178. The predicted octanol–water partition coefficient (Wildman–Crippen LogP) is 1.68. The van der Waals surface area contributed by atoms with Crippen molar-refractivity contribution < 1.29 is 4.74 Å². The number of halogens is 1. The minimum atomic E-state index is 0. The Morgan fingerprint density at radius 2 is 2.00 bits per heavy atom. The van der Waals surface area contributed by atoms with Gasteiger partial charge in [-0.1, -0.05) is 6.92 Å². The van der Waals surface area contributed by atoms with E-state index in [4.69, 9.17) is 4.74 Å². The Kier molecular flexibility index (Phi) is 11.5. The molecule has 1 saturated heterocycles. The first-order valence-corrected chi connectivity index (χ1v) is 7.41. The Bertz CT molecular complexity index is 270. The highest BCUT2D eigenvalue weighted by atomic mass is 127. The van der Waals surface area contributed by atoms with Crippen LogP contribution in [0.3, 0.4) is 0 Å². The molecule has 2 atom stereocenters. The number of aliphatic imine (C=N–C) groups is 1. The van der Waals surface area contributed by atoms with Gasteiger partial charge >= 0.3 is 0 Å². The third kappa shape index (κ3) is 7.08. The molecule has 0 radical (unpaired) electrons. The zero-order chi connectivity index (χ0) is 14.1. The molecule has 0 aromatic rings. The van der Waals surface area contributed by atoms with Crippen molar-refractivity contribution in [1.82, 2.24) is 15.5 Å². The first-order valence-electron chi connectivity index (χ1n) is 7.41. The Hall–Kier alpha value is -0.0800. The highest BCUT2D eigenvalue weighted by molar-refractivity contribution is 14.0. The maximum atomic E-state index is 5.12. The van der Waals surface area contributed by atoms with Gasteiger partial charge < -0.3 is 15.4 Å². The van der Waals surface area contributed by atoms with Crippen LogP contribution in [-0.2, 0) is 4.74 Å². The number of guanidine groups is 1. The first kappa shape index (κ1) is 19.9. The van der Waals surface area contributed by atoms with Crippen LogP contribution in [0.15, 0.2) is 4.99 Å². The molecule has 1 rings (SSSR count). The molecule has 20 heavy (non-hydrogen) atoms. The molecule has 1 aliphatic rings. The summed E-state index contributed by atoms with van der Waals surface area (Å²) in [5.74, 6) is 0.863. The molecule has 5 nitrogen and oxygen atoms in total. The van der Waals surface area contributed by atoms with Gasteiger partial charge in [-0.3, -0.25) is 9.89 Å². The second-order valence-corrected chi connectivity index (χ2v) is 5.26. The van der Waals surface area contributed by atoms with Gasteiger partial charge in [0.2, 0.25) is 0 Å². The number of nitrogens with one attached hydrogen (secondary N) is 2. The molecule has 6 heteroatoms. The van der Waals surface area contributed by atoms with Crippen LogP contribution < -0.4 is 10.6 Å². The van der Waals surface area contributed by atoms with E-state index in [1.54, 1.807) is 7.11 Å². The summed E-state index contributed by atoms with van der Waals surface area (Å²) >= 11 is 0. The van der Waals surface area contributed by atoms with Crippen LogP contribution in [0.25, 0.3) is 0 Å². The van der Waals surface area contributed by atoms with E-state index in [2.05, 4.69) is 34.4 Å². The molecule has 0 aliphatic carbocycles. The summed E-state index contributed by atoms with van der Waals surface area (Å²) in [7, 11) is 3.53. The van der Waals surface area contributed by atoms with Crippen molar-refractivity contribution in [1.29, 1.82) is 0 Å². The van der Waals surface area contributed by atoms with E-state index >= 15 is 0 Å². The third-order valence-corrected chi connectivity index (χ3v) is 3.66. The lowest BCUT2D eigenvalue weighted by atomic mass is 10.2. The van der Waals surface area contributed by atoms with Crippen molar-refractivity contribution in [2.24, 2.45) is 4.99 Å². The SMILES string of the molecule is CCC(CNC(=NC)NC(C)COC)N1CCCC1.I. The van der Waals surface area contributed by atoms with E-state index in [-0.39, 0.29) is 30.0 Å². The van der Waals surface area contributed by atoms with E-state index in [0.717, 1.165) is 12.5 Å². The second kappa shape index (κ2) is 11.6. The number of nitrogens with zero attached hydrogens (tertiary/aromatic N) is 2. The molecule has 120 valence electrons. The van der Waals surface area contributed by atoms with Crippen LogP contribution in [0.1, 0.15) is 33.1 Å². The van der Waals surface area contributed by atoms with Gasteiger partial charge in [-0.25, -0.2) is 0 Å². The zero-order valence-corrected chi connectivity index (χ0v) is 15.6. The van der Waals surface area contributed by atoms with E-state index in [9.17, 15) is 0 Å². The Balaban J connectivity index is 0.00000361. The number of likely N-dealkylation sites (tertiary alicyclic amines) is 1. The van der Waals surface area contributed by atoms with Crippen LogP contribution in [0.2, 0.25) is 0 Å². The molecule has 1 aliphatic heterocycles. The van der Waals surface area contributed by atoms with Crippen LogP contribution in [0.4, 0.5) is 0 Å². The number of methoxy groups -OCH3 is 1. The van der Waals surface area contributed by atoms with Gasteiger partial charge in [0.05, 0.1) is 6.61 Å². The quantitative estimate of drug-likeness (QED) is 0.389. The van der Waals surface area contributed by atoms with E-state index in [1.165, 1.54) is 32.4 Å². The van der Waals surface area contributed by atoms with Crippen molar-refractivity contribution in [3.63, 3.8) is 0 Å². The molecule has 0 spiro atoms. The fraction of sp³-hybridized carbons (Fsp3) is 0.929. The van der Waals surface area contributed by atoms with Crippen LogP contribution in [-0.4, -0.2) is 63.3 Å². The zero-order valence-electron chi connectivity index (χ0n) is 13.3. The second-order valence-electron chi connectivity index (χ2n) is 5.26. The first-order chi connectivity index (χ1) is 9.21. The summed E-state index contributed by atoms with van der Waals surface area (Å²) in [4.78, 5) is 6.85. The lowest BCUT2D eigenvalue weighted by Crippen LogP contribution is -2.49. The number of ether oxygens (including phenoxy) is 1. The van der Waals surface area contributed by atoms with Crippen molar-refractivity contribution in [3.05, 3.63) is 0 Å². The smallest absolute Gasteiger partial charge is 0.191 e. The Labute approximate surface area is 140 Å². The highest BCUT2D eigenvalue weighted by Gasteiger charge is 2.20.